The minimum absolute atomic E-state index is 0.00140. The predicted octanol–water partition coefficient (Wildman–Crippen LogP) is 8.99. The van der Waals surface area contributed by atoms with Crippen molar-refractivity contribution in [3.63, 3.8) is 0 Å². The molecular formula is C33H46F3N3O4. The molecule has 0 aliphatic carbocycles. The second-order valence-electron chi connectivity index (χ2n) is 11.8. The van der Waals surface area contributed by atoms with Crippen LogP contribution in [-0.4, -0.2) is 28.4 Å². The molecule has 238 valence electrons. The van der Waals surface area contributed by atoms with Crippen molar-refractivity contribution >= 4 is 17.9 Å². The van der Waals surface area contributed by atoms with Gasteiger partial charge in [0.05, 0.1) is 11.1 Å². The van der Waals surface area contributed by atoms with E-state index in [1.54, 1.807) is 45.0 Å². The molecule has 0 unspecified atom stereocenters. The van der Waals surface area contributed by atoms with E-state index in [1.165, 1.54) is 55.6 Å². The molecule has 2 rings (SSSR count). The van der Waals surface area contributed by atoms with E-state index in [2.05, 4.69) is 12.1 Å². The second-order valence-corrected chi connectivity index (χ2v) is 11.8. The van der Waals surface area contributed by atoms with Crippen LogP contribution in [-0.2, 0) is 28.8 Å². The van der Waals surface area contributed by atoms with Crippen molar-refractivity contribution in [1.82, 2.24) is 4.90 Å². The standard InChI is InChI=1S/C33H46F3N3O4/c1-5-6-7-8-9-10-11-12-13-17-29(37)38-43-30(40)27-16-14-15-26(22-27)24-39(31(41)42-32(2,3)4)23-25-18-20-28(21-19-25)33(34,35)36/h14-16,18-22H,5-13,17,23-24H2,1-4H3,(H2,37,38). The van der Waals surface area contributed by atoms with Gasteiger partial charge in [-0.1, -0.05) is 87.7 Å². The molecule has 10 heteroatoms. The Bertz CT molecular complexity index is 1180. The van der Waals surface area contributed by atoms with Gasteiger partial charge in [0.25, 0.3) is 0 Å². The SMILES string of the molecule is CCCCCCCCCCCC(N)=NOC(=O)c1cccc(CN(Cc2ccc(C(F)(F)F)cc2)C(=O)OC(C)(C)C)c1. The molecule has 0 saturated carbocycles. The number of alkyl halides is 3. The van der Waals surface area contributed by atoms with Gasteiger partial charge in [0.15, 0.2) is 0 Å². The van der Waals surface area contributed by atoms with Gasteiger partial charge in [0.1, 0.15) is 11.4 Å². The van der Waals surface area contributed by atoms with Crippen LogP contribution in [0.25, 0.3) is 0 Å². The van der Waals surface area contributed by atoms with Gasteiger partial charge >= 0.3 is 18.2 Å². The lowest BCUT2D eigenvalue weighted by molar-refractivity contribution is -0.137. The van der Waals surface area contributed by atoms with Gasteiger partial charge in [0, 0.05) is 19.5 Å². The second kappa shape index (κ2) is 17.5. The first-order valence-corrected chi connectivity index (χ1v) is 15.0. The van der Waals surface area contributed by atoms with E-state index >= 15 is 0 Å². The van der Waals surface area contributed by atoms with Gasteiger partial charge in [0.2, 0.25) is 0 Å². The Hall–Kier alpha value is -3.56. The molecule has 0 spiro atoms. The lowest BCUT2D eigenvalue weighted by Gasteiger charge is -2.28. The first kappa shape index (κ1) is 35.6. The lowest BCUT2D eigenvalue weighted by Crippen LogP contribution is -2.36. The number of unbranched alkanes of at least 4 members (excludes halogenated alkanes) is 8. The van der Waals surface area contributed by atoms with Crippen LogP contribution in [0.15, 0.2) is 53.7 Å². The zero-order chi connectivity index (χ0) is 31.9. The fourth-order valence-corrected chi connectivity index (χ4v) is 4.36. The molecule has 0 aliphatic heterocycles. The highest BCUT2D eigenvalue weighted by Gasteiger charge is 2.30. The third-order valence-corrected chi connectivity index (χ3v) is 6.62. The Morgan fingerprint density at radius 1 is 0.837 bits per heavy atom. The number of amidine groups is 1. The zero-order valence-corrected chi connectivity index (χ0v) is 25.8. The van der Waals surface area contributed by atoms with Gasteiger partial charge in [-0.05, 0) is 62.6 Å². The first-order chi connectivity index (χ1) is 20.3. The molecule has 0 heterocycles. The molecule has 0 aliphatic rings. The highest BCUT2D eigenvalue weighted by Crippen LogP contribution is 2.29. The van der Waals surface area contributed by atoms with Crippen molar-refractivity contribution in [2.45, 2.75) is 117 Å². The zero-order valence-electron chi connectivity index (χ0n) is 25.8. The summed E-state index contributed by atoms with van der Waals surface area (Å²) < 4.78 is 44.5. The van der Waals surface area contributed by atoms with E-state index < -0.39 is 29.4 Å². The molecule has 0 atom stereocenters. The molecule has 2 aromatic rings. The number of ether oxygens (including phenoxy) is 1. The summed E-state index contributed by atoms with van der Waals surface area (Å²) in [6.07, 6.45) is 6.09. The van der Waals surface area contributed by atoms with Crippen molar-refractivity contribution in [2.24, 2.45) is 10.9 Å². The summed E-state index contributed by atoms with van der Waals surface area (Å²) >= 11 is 0. The maximum atomic E-state index is 13.0. The fraction of sp³-hybridized carbons (Fsp3) is 0.545. The Kier molecular flexibility index (Phi) is 14.5. The number of nitrogens with two attached hydrogens (primary N) is 1. The Labute approximate surface area is 253 Å². The van der Waals surface area contributed by atoms with Gasteiger partial charge < -0.3 is 15.3 Å². The van der Waals surface area contributed by atoms with Crippen LogP contribution in [0.2, 0.25) is 0 Å². The predicted molar refractivity (Wildman–Crippen MR) is 162 cm³/mol. The molecule has 0 radical (unpaired) electrons. The fourth-order valence-electron chi connectivity index (χ4n) is 4.36. The Morgan fingerprint density at radius 3 is 2.00 bits per heavy atom. The first-order valence-electron chi connectivity index (χ1n) is 15.0. The molecule has 2 aromatic carbocycles. The maximum absolute atomic E-state index is 13.0. The van der Waals surface area contributed by atoms with E-state index in [0.29, 0.717) is 17.5 Å². The van der Waals surface area contributed by atoms with Gasteiger partial charge in [-0.25, -0.2) is 9.59 Å². The summed E-state index contributed by atoms with van der Waals surface area (Å²) in [4.78, 5) is 32.1. The average Bonchev–Trinajstić information content (AvgIpc) is 2.93. The quantitative estimate of drug-likeness (QED) is 0.0678. The number of carbonyl (C=O) groups excluding carboxylic acids is 2. The molecule has 7 nitrogen and oxygen atoms in total. The topological polar surface area (TPSA) is 94.2 Å². The smallest absolute Gasteiger partial charge is 0.416 e. The van der Waals surface area contributed by atoms with Crippen LogP contribution in [0.3, 0.4) is 0 Å². The average molecular weight is 606 g/mol. The highest BCUT2D eigenvalue weighted by molar-refractivity contribution is 5.90. The van der Waals surface area contributed by atoms with Crippen molar-refractivity contribution in [3.05, 3.63) is 70.8 Å². The normalized spacial score (nSPS) is 12.2. The largest absolute Gasteiger partial charge is 0.444 e. The number of rotatable bonds is 16. The highest BCUT2D eigenvalue weighted by atomic mass is 19.4. The number of amides is 1. The van der Waals surface area contributed by atoms with Gasteiger partial charge in [-0.15, -0.1) is 0 Å². The summed E-state index contributed by atoms with van der Waals surface area (Å²) in [5.74, 6) is -0.441. The number of nitrogens with zero attached hydrogens (tertiary/aromatic N) is 2. The van der Waals surface area contributed by atoms with Crippen molar-refractivity contribution in [3.8, 4) is 0 Å². The summed E-state index contributed by atoms with van der Waals surface area (Å²) in [6, 6.07) is 11.1. The number of oxime groups is 1. The van der Waals surface area contributed by atoms with Gasteiger partial charge in [-0.2, -0.15) is 13.2 Å². The van der Waals surface area contributed by atoms with Crippen molar-refractivity contribution in [1.29, 1.82) is 0 Å². The van der Waals surface area contributed by atoms with Crippen LogP contribution in [0.5, 0.6) is 0 Å². The molecule has 0 fully saturated rings. The lowest BCUT2D eigenvalue weighted by atomic mass is 10.1. The number of hydrogen-bond acceptors (Lipinski definition) is 5. The third-order valence-electron chi connectivity index (χ3n) is 6.62. The van der Waals surface area contributed by atoms with Crippen LogP contribution in [0.1, 0.15) is 119 Å². The molecule has 0 saturated heterocycles. The summed E-state index contributed by atoms with van der Waals surface area (Å²) in [5, 5.41) is 3.79. The van der Waals surface area contributed by atoms with E-state index in [-0.39, 0.29) is 24.5 Å². The minimum atomic E-state index is -4.46. The van der Waals surface area contributed by atoms with Crippen molar-refractivity contribution in [2.75, 3.05) is 0 Å². The molecule has 0 aromatic heterocycles. The van der Waals surface area contributed by atoms with Crippen LogP contribution in [0.4, 0.5) is 18.0 Å². The summed E-state index contributed by atoms with van der Waals surface area (Å²) in [6.45, 7) is 7.42. The third kappa shape index (κ3) is 14.4. The van der Waals surface area contributed by atoms with Crippen LogP contribution < -0.4 is 5.73 Å². The Morgan fingerprint density at radius 2 is 1.42 bits per heavy atom. The molecule has 0 bridgehead atoms. The van der Waals surface area contributed by atoms with E-state index in [9.17, 15) is 22.8 Å². The molecule has 1 amide bonds. The van der Waals surface area contributed by atoms with Crippen LogP contribution in [0, 0.1) is 0 Å². The number of hydrogen-bond donors (Lipinski definition) is 1. The summed E-state index contributed by atoms with van der Waals surface area (Å²) in [5.41, 5.74) is 5.68. The van der Waals surface area contributed by atoms with E-state index in [0.717, 1.165) is 31.4 Å². The van der Waals surface area contributed by atoms with E-state index in [1.807, 2.05) is 0 Å². The number of carbonyl (C=O) groups is 2. The van der Waals surface area contributed by atoms with Crippen molar-refractivity contribution < 1.29 is 32.3 Å². The molecule has 43 heavy (non-hydrogen) atoms. The number of halogens is 3. The minimum Gasteiger partial charge on any atom is -0.444 e. The molecule has 2 N–H and O–H groups in total. The Balaban J connectivity index is 1.97. The van der Waals surface area contributed by atoms with E-state index in [4.69, 9.17) is 15.3 Å². The van der Waals surface area contributed by atoms with Crippen LogP contribution >= 0.6 is 0 Å². The summed E-state index contributed by atoms with van der Waals surface area (Å²) in [7, 11) is 0. The monoisotopic (exact) mass is 605 g/mol. The molecular weight excluding hydrogens is 559 g/mol. The maximum Gasteiger partial charge on any atom is 0.416 e. The number of benzene rings is 2. The van der Waals surface area contributed by atoms with Gasteiger partial charge in [-0.3, -0.25) is 4.90 Å².